The molecule has 2 aromatic carbocycles. The van der Waals surface area contributed by atoms with Gasteiger partial charge in [0.15, 0.2) is 0 Å². The summed E-state index contributed by atoms with van der Waals surface area (Å²) in [6.45, 7) is 13.2. The molecule has 146 valence electrons. The normalized spacial score (nSPS) is 12.8. The van der Waals surface area contributed by atoms with E-state index in [0.29, 0.717) is 6.61 Å². The molecule has 0 heterocycles. The molecule has 0 saturated heterocycles. The molecule has 0 saturated carbocycles. The lowest BCUT2D eigenvalue weighted by Gasteiger charge is -2.17. The predicted molar refractivity (Wildman–Crippen MR) is 123 cm³/mol. The number of rotatable bonds is 8. The number of hydrogen-bond donors (Lipinski definition) is 0. The molecule has 0 aromatic heterocycles. The largest absolute Gasteiger partial charge is 0.488 e. The van der Waals surface area contributed by atoms with Crippen LogP contribution in [0.4, 0.5) is 0 Å². The maximum atomic E-state index is 6.23. The quantitative estimate of drug-likeness (QED) is 0.363. The van der Waals surface area contributed by atoms with Gasteiger partial charge in [0.2, 0.25) is 0 Å². The second-order valence-electron chi connectivity index (χ2n) is 6.84. The van der Waals surface area contributed by atoms with Crippen molar-refractivity contribution in [1.29, 1.82) is 0 Å². The molecule has 0 amide bonds. The zero-order chi connectivity index (χ0) is 20.5. The highest BCUT2D eigenvalue weighted by atomic mass is 16.5. The summed E-state index contributed by atoms with van der Waals surface area (Å²) in [5, 5.41) is 0. The fourth-order valence-corrected chi connectivity index (χ4v) is 3.21. The van der Waals surface area contributed by atoms with E-state index in [-0.39, 0.29) is 0 Å². The molecule has 28 heavy (non-hydrogen) atoms. The Morgan fingerprint density at radius 3 is 2.32 bits per heavy atom. The molecule has 0 aliphatic rings. The zero-order valence-corrected chi connectivity index (χ0v) is 17.8. The average Bonchev–Trinajstić information content (AvgIpc) is 2.72. The number of para-hydroxylation sites is 1. The Balaban J connectivity index is 2.28. The summed E-state index contributed by atoms with van der Waals surface area (Å²) >= 11 is 0. The molecule has 0 bridgehead atoms. The summed E-state index contributed by atoms with van der Waals surface area (Å²) in [5.41, 5.74) is 8.01. The summed E-state index contributed by atoms with van der Waals surface area (Å²) in [5.74, 6) is 0.853. The number of benzene rings is 2. The Bertz CT molecular complexity index is 916. The molecule has 0 spiro atoms. The summed E-state index contributed by atoms with van der Waals surface area (Å²) in [4.78, 5) is 4.24. The smallest absolute Gasteiger partial charge is 0.127 e. The van der Waals surface area contributed by atoms with Gasteiger partial charge in [-0.2, -0.15) is 0 Å². The number of allylic oxidation sites excluding steroid dienone is 3. The lowest BCUT2D eigenvalue weighted by molar-refractivity contribution is 0.356. The van der Waals surface area contributed by atoms with E-state index in [1.807, 2.05) is 31.3 Å². The van der Waals surface area contributed by atoms with Crippen LogP contribution in [0.15, 0.2) is 77.3 Å². The average molecular weight is 374 g/mol. The van der Waals surface area contributed by atoms with Crippen LogP contribution in [0.25, 0.3) is 11.1 Å². The number of nitrogens with zero attached hydrogens (tertiary/aromatic N) is 1. The molecular formula is C26H31NO. The highest BCUT2D eigenvalue weighted by Gasteiger charge is 2.12. The van der Waals surface area contributed by atoms with Gasteiger partial charge >= 0.3 is 0 Å². The molecule has 2 rings (SSSR count). The molecule has 0 radical (unpaired) electrons. The number of ether oxygens (including phenoxy) is 1. The van der Waals surface area contributed by atoms with E-state index >= 15 is 0 Å². The van der Waals surface area contributed by atoms with Crippen molar-refractivity contribution in [2.75, 3.05) is 13.7 Å². The Morgan fingerprint density at radius 1 is 1.07 bits per heavy atom. The van der Waals surface area contributed by atoms with Crippen LogP contribution >= 0.6 is 0 Å². The predicted octanol–water partition coefficient (Wildman–Crippen LogP) is 6.92. The van der Waals surface area contributed by atoms with Crippen molar-refractivity contribution < 1.29 is 4.74 Å². The highest BCUT2D eigenvalue weighted by molar-refractivity contribution is 6.11. The van der Waals surface area contributed by atoms with Gasteiger partial charge in [-0.1, -0.05) is 67.6 Å². The van der Waals surface area contributed by atoms with Gasteiger partial charge in [-0.05, 0) is 55.5 Å². The van der Waals surface area contributed by atoms with Gasteiger partial charge in [0.25, 0.3) is 0 Å². The summed E-state index contributed by atoms with van der Waals surface area (Å²) in [6, 6.07) is 16.5. The minimum absolute atomic E-state index is 0.437. The van der Waals surface area contributed by atoms with Crippen LogP contribution in [0.1, 0.15) is 43.9 Å². The maximum absolute atomic E-state index is 6.23. The highest BCUT2D eigenvalue weighted by Crippen LogP contribution is 2.30. The monoisotopic (exact) mass is 373 g/mol. The summed E-state index contributed by atoms with van der Waals surface area (Å²) < 4.78 is 6.23. The third kappa shape index (κ3) is 5.10. The van der Waals surface area contributed by atoms with Crippen molar-refractivity contribution in [2.45, 2.75) is 34.1 Å². The summed E-state index contributed by atoms with van der Waals surface area (Å²) in [6.07, 6.45) is 5.00. The van der Waals surface area contributed by atoms with Crippen molar-refractivity contribution in [3.05, 3.63) is 89.0 Å². The van der Waals surface area contributed by atoms with E-state index in [0.717, 1.165) is 34.5 Å². The van der Waals surface area contributed by atoms with Gasteiger partial charge in [-0.3, -0.25) is 4.99 Å². The first-order valence-corrected chi connectivity index (χ1v) is 9.78. The van der Waals surface area contributed by atoms with Gasteiger partial charge in [-0.25, -0.2) is 0 Å². The molecule has 0 fully saturated rings. The topological polar surface area (TPSA) is 21.6 Å². The third-order valence-electron chi connectivity index (χ3n) is 4.93. The van der Waals surface area contributed by atoms with Gasteiger partial charge < -0.3 is 4.74 Å². The first-order chi connectivity index (χ1) is 13.5. The molecule has 2 nitrogen and oxygen atoms in total. The first kappa shape index (κ1) is 21.4. The Labute approximate surface area is 170 Å². The standard InChI is InChI=1S/C26H31NO/c1-7-19(3)25(17-27-6)24-15-11-12-16-26(24)28-18-21(5)22(8-2)23-14-10-9-13-20(23)4/h8-17H,5,7,18H2,1-4,6H3. The molecular weight excluding hydrogens is 342 g/mol. The van der Waals surface area contributed by atoms with Crippen LogP contribution in [-0.2, 0) is 0 Å². The van der Waals surface area contributed by atoms with Crippen molar-refractivity contribution in [1.82, 2.24) is 0 Å². The fraction of sp³-hybridized carbons (Fsp3) is 0.269. The number of aliphatic imine (C=N–C) groups is 1. The van der Waals surface area contributed by atoms with E-state index in [4.69, 9.17) is 4.74 Å². The minimum Gasteiger partial charge on any atom is -0.488 e. The Hall–Kier alpha value is -2.87. The van der Waals surface area contributed by atoms with Crippen molar-refractivity contribution >= 4 is 17.4 Å². The van der Waals surface area contributed by atoms with Crippen LogP contribution < -0.4 is 4.74 Å². The second kappa shape index (κ2) is 10.5. The molecule has 0 N–H and O–H groups in total. The van der Waals surface area contributed by atoms with E-state index in [1.165, 1.54) is 16.7 Å². The van der Waals surface area contributed by atoms with E-state index < -0.39 is 0 Å². The minimum atomic E-state index is 0.437. The van der Waals surface area contributed by atoms with Crippen molar-refractivity contribution in [3.8, 4) is 5.75 Å². The van der Waals surface area contributed by atoms with E-state index in [1.54, 1.807) is 7.05 Å². The second-order valence-corrected chi connectivity index (χ2v) is 6.84. The Kier molecular flexibility index (Phi) is 8.01. The lowest BCUT2D eigenvalue weighted by Crippen LogP contribution is -2.05. The van der Waals surface area contributed by atoms with Gasteiger partial charge in [-0.15, -0.1) is 0 Å². The van der Waals surface area contributed by atoms with Crippen LogP contribution in [0.2, 0.25) is 0 Å². The first-order valence-electron chi connectivity index (χ1n) is 9.78. The van der Waals surface area contributed by atoms with E-state index in [2.05, 4.69) is 68.8 Å². The van der Waals surface area contributed by atoms with Crippen molar-refractivity contribution in [2.24, 2.45) is 4.99 Å². The molecule has 0 aliphatic carbocycles. The lowest BCUT2D eigenvalue weighted by atomic mass is 9.95. The molecule has 0 unspecified atom stereocenters. The zero-order valence-electron chi connectivity index (χ0n) is 17.8. The Morgan fingerprint density at radius 2 is 1.71 bits per heavy atom. The molecule has 0 aliphatic heterocycles. The fourth-order valence-electron chi connectivity index (χ4n) is 3.21. The van der Waals surface area contributed by atoms with Crippen LogP contribution in [-0.4, -0.2) is 19.9 Å². The maximum Gasteiger partial charge on any atom is 0.127 e. The van der Waals surface area contributed by atoms with Crippen LogP contribution in [0.5, 0.6) is 5.75 Å². The molecule has 0 atom stereocenters. The summed E-state index contributed by atoms with van der Waals surface area (Å²) in [7, 11) is 1.80. The molecule has 2 heteroatoms. The van der Waals surface area contributed by atoms with Crippen LogP contribution in [0.3, 0.4) is 0 Å². The van der Waals surface area contributed by atoms with Gasteiger partial charge in [0, 0.05) is 24.4 Å². The third-order valence-corrected chi connectivity index (χ3v) is 4.93. The van der Waals surface area contributed by atoms with E-state index in [9.17, 15) is 0 Å². The van der Waals surface area contributed by atoms with Gasteiger partial charge in [0.1, 0.15) is 12.4 Å². The van der Waals surface area contributed by atoms with Crippen LogP contribution in [0, 0.1) is 6.92 Å². The van der Waals surface area contributed by atoms with Gasteiger partial charge in [0.05, 0.1) is 0 Å². The number of hydrogen-bond acceptors (Lipinski definition) is 2. The molecule has 2 aromatic rings. The van der Waals surface area contributed by atoms with Crippen molar-refractivity contribution in [3.63, 3.8) is 0 Å². The number of aryl methyl sites for hydroxylation is 1. The SMILES string of the molecule is C=C(COc1ccccc1C(C=NC)=C(C)CC)C(=CC)c1ccccc1C.